The van der Waals surface area contributed by atoms with Gasteiger partial charge in [-0.25, -0.2) is 0 Å². The molecule has 0 unspecified atom stereocenters. The second-order valence-electron chi connectivity index (χ2n) is 5.64. The number of benzene rings is 2. The van der Waals surface area contributed by atoms with Crippen LogP contribution in [0.5, 0.6) is 0 Å². The number of aryl methyl sites for hydroxylation is 1. The molecular formula is C19H18ClNOS. The van der Waals surface area contributed by atoms with Crippen LogP contribution in [0.15, 0.2) is 54.6 Å². The highest BCUT2D eigenvalue weighted by molar-refractivity contribution is 7.21. The molecule has 23 heavy (non-hydrogen) atoms. The lowest BCUT2D eigenvalue weighted by Gasteiger charge is -2.13. The van der Waals surface area contributed by atoms with E-state index in [-0.39, 0.29) is 11.9 Å². The van der Waals surface area contributed by atoms with E-state index in [2.05, 4.69) is 17.4 Å². The molecule has 2 nitrogen and oxygen atoms in total. The number of nitrogens with one attached hydrogen (secondary N) is 1. The number of rotatable bonds is 5. The van der Waals surface area contributed by atoms with Crippen LogP contribution >= 0.6 is 22.9 Å². The average molecular weight is 344 g/mol. The Hall–Kier alpha value is -1.84. The van der Waals surface area contributed by atoms with Gasteiger partial charge in [0.15, 0.2) is 0 Å². The third kappa shape index (κ3) is 3.74. The van der Waals surface area contributed by atoms with Gasteiger partial charge in [0.05, 0.1) is 5.02 Å². The van der Waals surface area contributed by atoms with Gasteiger partial charge < -0.3 is 5.32 Å². The molecule has 0 radical (unpaired) electrons. The van der Waals surface area contributed by atoms with Gasteiger partial charge in [-0.05, 0) is 31.4 Å². The van der Waals surface area contributed by atoms with Crippen molar-refractivity contribution in [1.29, 1.82) is 0 Å². The molecule has 1 aromatic heterocycles. The number of hydrogen-bond donors (Lipinski definition) is 1. The number of amides is 1. The maximum Gasteiger partial charge on any atom is 0.263 e. The van der Waals surface area contributed by atoms with Crippen LogP contribution in [0.3, 0.4) is 0 Å². The minimum atomic E-state index is -0.0863. The molecule has 0 aliphatic heterocycles. The summed E-state index contributed by atoms with van der Waals surface area (Å²) in [6.45, 7) is 2.03. The standard InChI is InChI=1S/C19H18ClNOS/c1-13(11-12-14-7-3-2-4-8-14)21-19(22)18-17(20)15-9-5-6-10-16(15)23-18/h2-10,13H,11-12H2,1H3,(H,21,22)/t13-/m1/s1. The Labute approximate surface area is 145 Å². The van der Waals surface area contributed by atoms with Crippen molar-refractivity contribution in [2.45, 2.75) is 25.8 Å². The van der Waals surface area contributed by atoms with Crippen LogP contribution in [0.2, 0.25) is 5.02 Å². The van der Waals surface area contributed by atoms with Crippen molar-refractivity contribution in [2.75, 3.05) is 0 Å². The van der Waals surface area contributed by atoms with Gasteiger partial charge in [-0.15, -0.1) is 11.3 Å². The summed E-state index contributed by atoms with van der Waals surface area (Å²) in [6.07, 6.45) is 1.85. The molecule has 1 atom stereocenters. The monoisotopic (exact) mass is 343 g/mol. The van der Waals surface area contributed by atoms with Gasteiger partial charge in [-0.2, -0.15) is 0 Å². The van der Waals surface area contributed by atoms with Crippen molar-refractivity contribution >= 4 is 38.9 Å². The van der Waals surface area contributed by atoms with Crippen LogP contribution in [0, 0.1) is 0 Å². The van der Waals surface area contributed by atoms with Crippen LogP contribution in [0.25, 0.3) is 10.1 Å². The summed E-state index contributed by atoms with van der Waals surface area (Å²) >= 11 is 7.80. The molecule has 118 valence electrons. The number of halogens is 1. The Morgan fingerprint density at radius 3 is 2.57 bits per heavy atom. The topological polar surface area (TPSA) is 29.1 Å². The molecule has 2 aromatic carbocycles. The van der Waals surface area contributed by atoms with Crippen LogP contribution in [-0.4, -0.2) is 11.9 Å². The predicted octanol–water partition coefficient (Wildman–Crippen LogP) is 5.31. The summed E-state index contributed by atoms with van der Waals surface area (Å²) in [5.74, 6) is -0.0863. The van der Waals surface area contributed by atoms with E-state index in [1.807, 2.05) is 49.4 Å². The molecule has 3 aromatic rings. The molecule has 0 aliphatic rings. The maximum absolute atomic E-state index is 12.5. The Kier molecular flexibility index (Phi) is 4.99. The Bertz CT molecular complexity index is 813. The van der Waals surface area contributed by atoms with E-state index in [9.17, 15) is 4.79 Å². The molecule has 0 saturated carbocycles. The zero-order valence-corrected chi connectivity index (χ0v) is 14.5. The van der Waals surface area contributed by atoms with Gasteiger partial charge in [-0.3, -0.25) is 4.79 Å². The van der Waals surface area contributed by atoms with Crippen molar-refractivity contribution in [2.24, 2.45) is 0 Å². The molecule has 0 aliphatic carbocycles. The van der Waals surface area contributed by atoms with Gasteiger partial charge >= 0.3 is 0 Å². The van der Waals surface area contributed by atoms with Gasteiger partial charge in [0.25, 0.3) is 5.91 Å². The zero-order valence-electron chi connectivity index (χ0n) is 12.9. The summed E-state index contributed by atoms with van der Waals surface area (Å²) in [5, 5.41) is 4.55. The van der Waals surface area contributed by atoms with Crippen LogP contribution in [0.1, 0.15) is 28.6 Å². The van der Waals surface area contributed by atoms with Crippen molar-refractivity contribution in [3.8, 4) is 0 Å². The minimum Gasteiger partial charge on any atom is -0.349 e. The van der Waals surface area contributed by atoms with Gasteiger partial charge in [0.1, 0.15) is 4.88 Å². The first kappa shape index (κ1) is 16.0. The molecular weight excluding hydrogens is 326 g/mol. The fraction of sp³-hybridized carbons (Fsp3) is 0.211. The molecule has 3 rings (SSSR count). The molecule has 1 heterocycles. The molecule has 1 amide bonds. The normalized spacial score (nSPS) is 12.3. The van der Waals surface area contributed by atoms with E-state index >= 15 is 0 Å². The summed E-state index contributed by atoms with van der Waals surface area (Å²) < 4.78 is 1.04. The molecule has 0 saturated heterocycles. The molecule has 4 heteroatoms. The smallest absolute Gasteiger partial charge is 0.263 e. The predicted molar refractivity (Wildman–Crippen MR) is 98.5 cm³/mol. The summed E-state index contributed by atoms with van der Waals surface area (Å²) in [6, 6.07) is 18.2. The van der Waals surface area contributed by atoms with E-state index in [1.54, 1.807) is 0 Å². The third-order valence-corrected chi connectivity index (χ3v) is 5.50. The highest BCUT2D eigenvalue weighted by atomic mass is 35.5. The first-order valence-electron chi connectivity index (χ1n) is 7.67. The Morgan fingerprint density at radius 1 is 1.13 bits per heavy atom. The minimum absolute atomic E-state index is 0.0863. The number of fused-ring (bicyclic) bond motifs is 1. The Balaban J connectivity index is 1.64. The SMILES string of the molecule is C[C@H](CCc1ccccc1)NC(=O)c1sc2ccccc2c1Cl. The third-order valence-electron chi connectivity index (χ3n) is 3.83. The van der Waals surface area contributed by atoms with Crippen LogP contribution < -0.4 is 5.32 Å². The largest absolute Gasteiger partial charge is 0.349 e. The van der Waals surface area contributed by atoms with E-state index in [4.69, 9.17) is 11.6 Å². The van der Waals surface area contributed by atoms with E-state index in [0.29, 0.717) is 9.90 Å². The summed E-state index contributed by atoms with van der Waals surface area (Å²) in [7, 11) is 0. The Morgan fingerprint density at radius 2 is 1.83 bits per heavy atom. The van der Waals surface area contributed by atoms with Crippen molar-refractivity contribution < 1.29 is 4.79 Å². The molecule has 0 spiro atoms. The zero-order chi connectivity index (χ0) is 16.2. The van der Waals surface area contributed by atoms with E-state index in [1.165, 1.54) is 16.9 Å². The van der Waals surface area contributed by atoms with Gasteiger partial charge in [-0.1, -0.05) is 60.1 Å². The quantitative estimate of drug-likeness (QED) is 0.668. The van der Waals surface area contributed by atoms with Gasteiger partial charge in [0, 0.05) is 16.1 Å². The van der Waals surface area contributed by atoms with E-state index < -0.39 is 0 Å². The fourth-order valence-electron chi connectivity index (χ4n) is 2.55. The first-order chi connectivity index (χ1) is 11.1. The second-order valence-corrected chi connectivity index (χ2v) is 7.07. The number of thiophene rings is 1. The van der Waals surface area contributed by atoms with Gasteiger partial charge in [0.2, 0.25) is 0 Å². The molecule has 0 fully saturated rings. The molecule has 1 N–H and O–H groups in total. The molecule has 0 bridgehead atoms. The fourth-order valence-corrected chi connectivity index (χ4v) is 3.97. The average Bonchev–Trinajstić information content (AvgIpc) is 2.91. The maximum atomic E-state index is 12.5. The number of hydrogen-bond acceptors (Lipinski definition) is 2. The second kappa shape index (κ2) is 7.16. The number of carbonyl (C=O) groups excluding carboxylic acids is 1. The lowest BCUT2D eigenvalue weighted by atomic mass is 10.1. The highest BCUT2D eigenvalue weighted by Crippen LogP contribution is 2.35. The summed E-state index contributed by atoms with van der Waals surface area (Å²) in [4.78, 5) is 13.1. The van der Waals surface area contributed by atoms with Crippen molar-refractivity contribution in [3.63, 3.8) is 0 Å². The lowest BCUT2D eigenvalue weighted by Crippen LogP contribution is -2.32. The van der Waals surface area contributed by atoms with Crippen molar-refractivity contribution in [1.82, 2.24) is 5.32 Å². The van der Waals surface area contributed by atoms with E-state index in [0.717, 1.165) is 22.9 Å². The number of carbonyl (C=O) groups is 1. The van der Waals surface area contributed by atoms with Crippen LogP contribution in [0.4, 0.5) is 0 Å². The highest BCUT2D eigenvalue weighted by Gasteiger charge is 2.18. The van der Waals surface area contributed by atoms with Crippen LogP contribution in [-0.2, 0) is 6.42 Å². The first-order valence-corrected chi connectivity index (χ1v) is 8.86. The summed E-state index contributed by atoms with van der Waals surface area (Å²) in [5.41, 5.74) is 1.29. The lowest BCUT2D eigenvalue weighted by molar-refractivity contribution is 0.0943. The van der Waals surface area contributed by atoms with Crippen molar-refractivity contribution in [3.05, 3.63) is 70.1 Å².